The molecule has 0 aromatic rings. The number of likely N-dealkylation sites (tertiary alicyclic amines) is 2. The summed E-state index contributed by atoms with van der Waals surface area (Å²) >= 11 is 0. The van der Waals surface area contributed by atoms with Crippen LogP contribution in [0.1, 0.15) is 52.9 Å². The van der Waals surface area contributed by atoms with Crippen LogP contribution in [0.25, 0.3) is 0 Å². The predicted molar refractivity (Wildman–Crippen MR) is 96.5 cm³/mol. The molecule has 0 aromatic heterocycles. The number of alkyl halides is 2. The quantitative estimate of drug-likeness (QED) is 0.767. The molecule has 5 nitrogen and oxygen atoms in total. The van der Waals surface area contributed by atoms with Crippen LogP contribution in [-0.4, -0.2) is 72.7 Å². The molecule has 0 radical (unpaired) electrons. The maximum absolute atomic E-state index is 14.2. The number of ether oxygens (including phenoxy) is 1. The number of nitrogens with one attached hydrogen (secondary N) is 1. The van der Waals surface area contributed by atoms with E-state index in [0.717, 1.165) is 38.8 Å². The molecule has 3 aliphatic rings. The number of halogens is 2. The van der Waals surface area contributed by atoms with Crippen molar-refractivity contribution in [2.24, 2.45) is 5.41 Å². The largest absolute Gasteiger partial charge is 0.444 e. The average molecular weight is 373 g/mol. The fourth-order valence-corrected chi connectivity index (χ4v) is 4.57. The van der Waals surface area contributed by atoms with Crippen LogP contribution in [0.5, 0.6) is 0 Å². The minimum absolute atomic E-state index is 0.204. The van der Waals surface area contributed by atoms with E-state index in [4.69, 9.17) is 4.74 Å². The summed E-state index contributed by atoms with van der Waals surface area (Å²) in [5.41, 5.74) is -0.269. The van der Waals surface area contributed by atoms with E-state index in [0.29, 0.717) is 26.1 Å². The van der Waals surface area contributed by atoms with Gasteiger partial charge in [0, 0.05) is 13.1 Å². The molecule has 0 aromatic carbocycles. The van der Waals surface area contributed by atoms with Gasteiger partial charge in [-0.3, -0.25) is 4.90 Å². The van der Waals surface area contributed by atoms with Crippen LogP contribution in [-0.2, 0) is 4.74 Å². The molecule has 7 heteroatoms. The fraction of sp³-hybridized carbons (Fsp3) is 0.947. The Labute approximate surface area is 155 Å². The third-order valence-corrected chi connectivity index (χ3v) is 6.22. The van der Waals surface area contributed by atoms with Crippen molar-refractivity contribution in [2.45, 2.75) is 70.4 Å². The van der Waals surface area contributed by atoms with Crippen LogP contribution in [0.2, 0.25) is 0 Å². The zero-order valence-electron chi connectivity index (χ0n) is 16.3. The molecule has 3 fully saturated rings. The highest BCUT2D eigenvalue weighted by Gasteiger charge is 2.47. The lowest BCUT2D eigenvalue weighted by Crippen LogP contribution is -2.60. The van der Waals surface area contributed by atoms with Gasteiger partial charge in [-0.2, -0.15) is 0 Å². The lowest BCUT2D eigenvalue weighted by atomic mass is 9.71. The summed E-state index contributed by atoms with van der Waals surface area (Å²) < 4.78 is 33.9. The first-order chi connectivity index (χ1) is 12.1. The molecule has 3 rings (SSSR count). The van der Waals surface area contributed by atoms with Crippen molar-refractivity contribution in [3.63, 3.8) is 0 Å². The number of rotatable bonds is 1. The zero-order valence-corrected chi connectivity index (χ0v) is 16.3. The maximum Gasteiger partial charge on any atom is 0.410 e. The molecule has 0 aliphatic carbocycles. The number of nitrogens with zero attached hydrogens (tertiary/aromatic N) is 2. The Morgan fingerprint density at radius 1 is 1.08 bits per heavy atom. The second kappa shape index (κ2) is 7.23. The summed E-state index contributed by atoms with van der Waals surface area (Å²) in [5.74, 6) is -2.64. The Hall–Kier alpha value is -0.950. The van der Waals surface area contributed by atoms with Crippen LogP contribution in [0.3, 0.4) is 0 Å². The molecule has 1 N–H and O–H groups in total. The van der Waals surface area contributed by atoms with Crippen molar-refractivity contribution in [3.05, 3.63) is 0 Å². The monoisotopic (exact) mass is 373 g/mol. The van der Waals surface area contributed by atoms with Crippen LogP contribution < -0.4 is 5.32 Å². The third kappa shape index (κ3) is 4.47. The second-order valence-electron chi connectivity index (χ2n) is 9.25. The van der Waals surface area contributed by atoms with Gasteiger partial charge in [0.25, 0.3) is 5.92 Å². The number of hydrogen-bond acceptors (Lipinski definition) is 4. The van der Waals surface area contributed by atoms with Gasteiger partial charge in [0.2, 0.25) is 0 Å². The maximum atomic E-state index is 14.2. The molecule has 1 spiro atoms. The third-order valence-electron chi connectivity index (χ3n) is 6.22. The molecule has 0 saturated carbocycles. The Morgan fingerprint density at radius 2 is 1.65 bits per heavy atom. The van der Waals surface area contributed by atoms with Crippen molar-refractivity contribution < 1.29 is 18.3 Å². The number of piperidine rings is 3. The summed E-state index contributed by atoms with van der Waals surface area (Å²) in [6.07, 6.45) is 4.08. The molecule has 1 unspecified atom stereocenters. The Bertz CT molecular complexity index is 503. The Morgan fingerprint density at radius 3 is 2.19 bits per heavy atom. The van der Waals surface area contributed by atoms with E-state index in [1.54, 1.807) is 4.90 Å². The minimum Gasteiger partial charge on any atom is -0.444 e. The van der Waals surface area contributed by atoms with Gasteiger partial charge in [0.05, 0.1) is 12.6 Å². The van der Waals surface area contributed by atoms with Gasteiger partial charge in [-0.15, -0.1) is 0 Å². The van der Waals surface area contributed by atoms with E-state index in [2.05, 4.69) is 5.32 Å². The summed E-state index contributed by atoms with van der Waals surface area (Å²) in [7, 11) is 0. The molecule has 150 valence electrons. The number of amides is 1. The smallest absolute Gasteiger partial charge is 0.410 e. The predicted octanol–water partition coefficient (Wildman–Crippen LogP) is 3.10. The molecular weight excluding hydrogens is 340 g/mol. The van der Waals surface area contributed by atoms with Crippen LogP contribution in [0.4, 0.5) is 13.6 Å². The standard InChI is InChI=1S/C19H33F2N3O2/c1-17(2,3)26-16(25)24-12-7-18(8-13-24)5-10-23(11-6-18)15-4-9-22-14-19(15,20)21/h15,22H,4-14H2,1-3H3. The van der Waals surface area contributed by atoms with Crippen molar-refractivity contribution in [2.75, 3.05) is 39.3 Å². The first kappa shape index (κ1) is 19.8. The molecule has 3 heterocycles. The molecular formula is C19H33F2N3O2. The SMILES string of the molecule is CC(C)(C)OC(=O)N1CCC2(CC1)CCN(C1CCNCC1(F)F)CC2. The normalized spacial score (nSPS) is 29.6. The van der Waals surface area contributed by atoms with E-state index in [1.807, 2.05) is 25.7 Å². The van der Waals surface area contributed by atoms with Gasteiger partial charge in [-0.25, -0.2) is 13.6 Å². The van der Waals surface area contributed by atoms with Gasteiger partial charge in [0.15, 0.2) is 0 Å². The Balaban J connectivity index is 1.50. The van der Waals surface area contributed by atoms with Gasteiger partial charge >= 0.3 is 6.09 Å². The van der Waals surface area contributed by atoms with Gasteiger partial charge in [-0.05, 0) is 77.9 Å². The lowest BCUT2D eigenvalue weighted by molar-refractivity contribution is -0.110. The van der Waals surface area contributed by atoms with E-state index in [1.165, 1.54) is 0 Å². The number of carbonyl (C=O) groups is 1. The number of hydrogen-bond donors (Lipinski definition) is 1. The second-order valence-corrected chi connectivity index (χ2v) is 9.25. The topological polar surface area (TPSA) is 44.8 Å². The van der Waals surface area contributed by atoms with Crippen LogP contribution >= 0.6 is 0 Å². The van der Waals surface area contributed by atoms with Gasteiger partial charge in [-0.1, -0.05) is 0 Å². The van der Waals surface area contributed by atoms with Crippen LogP contribution in [0, 0.1) is 5.41 Å². The summed E-state index contributed by atoms with van der Waals surface area (Å²) in [4.78, 5) is 16.0. The first-order valence-electron chi connectivity index (χ1n) is 9.91. The van der Waals surface area contributed by atoms with Crippen LogP contribution in [0.15, 0.2) is 0 Å². The highest BCUT2D eigenvalue weighted by Crippen LogP contribution is 2.43. The molecule has 1 amide bonds. The van der Waals surface area contributed by atoms with Gasteiger partial charge < -0.3 is 15.0 Å². The van der Waals surface area contributed by atoms with Crippen molar-refractivity contribution in [1.82, 2.24) is 15.1 Å². The summed E-state index contributed by atoms with van der Waals surface area (Å²) in [6.45, 7) is 9.00. The molecule has 0 bridgehead atoms. The molecule has 26 heavy (non-hydrogen) atoms. The zero-order chi connectivity index (χ0) is 19.0. The van der Waals surface area contributed by atoms with Crippen molar-refractivity contribution in [1.29, 1.82) is 0 Å². The van der Waals surface area contributed by atoms with E-state index in [9.17, 15) is 13.6 Å². The molecule has 1 atom stereocenters. The van der Waals surface area contributed by atoms with Gasteiger partial charge in [0.1, 0.15) is 5.60 Å². The summed E-state index contributed by atoms with van der Waals surface area (Å²) in [5, 5.41) is 2.81. The average Bonchev–Trinajstić information content (AvgIpc) is 2.55. The van der Waals surface area contributed by atoms with E-state index in [-0.39, 0.29) is 18.1 Å². The first-order valence-corrected chi connectivity index (χ1v) is 9.91. The fourth-order valence-electron chi connectivity index (χ4n) is 4.57. The molecule has 3 aliphatic heterocycles. The van der Waals surface area contributed by atoms with Crippen molar-refractivity contribution >= 4 is 6.09 Å². The molecule has 3 saturated heterocycles. The Kier molecular flexibility index (Phi) is 5.50. The summed E-state index contributed by atoms with van der Waals surface area (Å²) in [6, 6.07) is -0.622. The highest BCUT2D eigenvalue weighted by atomic mass is 19.3. The van der Waals surface area contributed by atoms with Crippen molar-refractivity contribution in [3.8, 4) is 0 Å². The van der Waals surface area contributed by atoms with E-state index >= 15 is 0 Å². The lowest BCUT2D eigenvalue weighted by Gasteiger charge is -2.50. The number of carbonyl (C=O) groups excluding carboxylic acids is 1. The van der Waals surface area contributed by atoms with E-state index < -0.39 is 17.6 Å². The minimum atomic E-state index is -2.64. The highest BCUT2D eigenvalue weighted by molar-refractivity contribution is 5.68.